The minimum atomic E-state index is 0.717. The molecule has 21 heavy (non-hydrogen) atoms. The predicted molar refractivity (Wildman–Crippen MR) is 88.5 cm³/mol. The SMILES string of the molecule is CCCc1nc2ccccc2n1CCC1CCCC1NC. The van der Waals surface area contributed by atoms with Crippen molar-refractivity contribution >= 4 is 11.0 Å². The molecule has 1 aliphatic rings. The van der Waals surface area contributed by atoms with Crippen LogP contribution >= 0.6 is 0 Å². The number of nitrogens with zero attached hydrogens (tertiary/aromatic N) is 2. The average molecular weight is 285 g/mol. The van der Waals surface area contributed by atoms with Crippen molar-refractivity contribution in [3.63, 3.8) is 0 Å². The van der Waals surface area contributed by atoms with Gasteiger partial charge in [-0.3, -0.25) is 0 Å². The molecule has 114 valence electrons. The molecule has 1 aromatic carbocycles. The Morgan fingerprint density at radius 3 is 2.95 bits per heavy atom. The van der Waals surface area contributed by atoms with Gasteiger partial charge in [-0.2, -0.15) is 0 Å². The summed E-state index contributed by atoms with van der Waals surface area (Å²) in [6.07, 6.45) is 7.60. The van der Waals surface area contributed by atoms with Gasteiger partial charge < -0.3 is 9.88 Å². The van der Waals surface area contributed by atoms with Crippen LogP contribution in [0.3, 0.4) is 0 Å². The van der Waals surface area contributed by atoms with Crippen molar-refractivity contribution < 1.29 is 0 Å². The Morgan fingerprint density at radius 2 is 2.14 bits per heavy atom. The van der Waals surface area contributed by atoms with Gasteiger partial charge in [-0.1, -0.05) is 25.5 Å². The largest absolute Gasteiger partial charge is 0.328 e. The van der Waals surface area contributed by atoms with E-state index < -0.39 is 0 Å². The minimum absolute atomic E-state index is 0.717. The normalized spacial score (nSPS) is 22.2. The summed E-state index contributed by atoms with van der Waals surface area (Å²) >= 11 is 0. The molecular formula is C18H27N3. The van der Waals surface area contributed by atoms with Crippen molar-refractivity contribution in [3.05, 3.63) is 30.1 Å². The summed E-state index contributed by atoms with van der Waals surface area (Å²) in [5, 5.41) is 3.50. The van der Waals surface area contributed by atoms with Gasteiger partial charge in [0.2, 0.25) is 0 Å². The standard InChI is InChI=1S/C18H27N3/c1-3-7-18-20-16-9-4-5-11-17(16)21(18)13-12-14-8-6-10-15(14)19-2/h4-5,9,11,14-15,19H,3,6-8,10,12-13H2,1-2H3. The highest BCUT2D eigenvalue weighted by atomic mass is 15.1. The van der Waals surface area contributed by atoms with Crippen LogP contribution in [-0.4, -0.2) is 22.6 Å². The Labute approximate surface area is 127 Å². The summed E-state index contributed by atoms with van der Waals surface area (Å²) in [6, 6.07) is 9.28. The van der Waals surface area contributed by atoms with E-state index >= 15 is 0 Å². The third kappa shape index (κ3) is 2.98. The molecule has 3 nitrogen and oxygen atoms in total. The molecule has 1 heterocycles. The second-order valence-corrected chi connectivity index (χ2v) is 6.29. The molecule has 1 saturated carbocycles. The maximum atomic E-state index is 4.83. The number of rotatable bonds is 6. The Balaban J connectivity index is 1.80. The molecule has 1 N–H and O–H groups in total. The summed E-state index contributed by atoms with van der Waals surface area (Å²) in [5.41, 5.74) is 2.46. The fourth-order valence-electron chi connectivity index (χ4n) is 3.85. The first kappa shape index (κ1) is 14.6. The van der Waals surface area contributed by atoms with Gasteiger partial charge in [0.05, 0.1) is 11.0 Å². The minimum Gasteiger partial charge on any atom is -0.328 e. The molecule has 2 unspecified atom stereocenters. The van der Waals surface area contributed by atoms with Gasteiger partial charge in [-0.25, -0.2) is 4.98 Å². The summed E-state index contributed by atoms with van der Waals surface area (Å²) in [4.78, 5) is 4.83. The highest BCUT2D eigenvalue weighted by molar-refractivity contribution is 5.75. The summed E-state index contributed by atoms with van der Waals surface area (Å²) in [6.45, 7) is 3.34. The molecule has 2 aromatic rings. The second kappa shape index (κ2) is 6.61. The van der Waals surface area contributed by atoms with Crippen molar-refractivity contribution in [1.82, 2.24) is 14.9 Å². The average Bonchev–Trinajstić information content (AvgIpc) is 3.09. The highest BCUT2D eigenvalue weighted by Crippen LogP contribution is 2.29. The van der Waals surface area contributed by atoms with E-state index in [-0.39, 0.29) is 0 Å². The molecule has 3 heteroatoms. The number of aromatic nitrogens is 2. The number of imidazole rings is 1. The van der Waals surface area contributed by atoms with Crippen molar-refractivity contribution in [1.29, 1.82) is 0 Å². The third-order valence-electron chi connectivity index (χ3n) is 4.96. The maximum Gasteiger partial charge on any atom is 0.109 e. The number of aryl methyl sites for hydroxylation is 2. The molecule has 0 radical (unpaired) electrons. The van der Waals surface area contributed by atoms with Crippen LogP contribution in [0.15, 0.2) is 24.3 Å². The van der Waals surface area contributed by atoms with Gasteiger partial charge in [-0.15, -0.1) is 0 Å². The van der Waals surface area contributed by atoms with Crippen molar-refractivity contribution in [2.75, 3.05) is 7.05 Å². The van der Waals surface area contributed by atoms with Crippen LogP contribution in [0.5, 0.6) is 0 Å². The third-order valence-corrected chi connectivity index (χ3v) is 4.96. The van der Waals surface area contributed by atoms with Gasteiger partial charge >= 0.3 is 0 Å². The van der Waals surface area contributed by atoms with E-state index in [0.29, 0.717) is 0 Å². The van der Waals surface area contributed by atoms with Crippen LogP contribution in [0.25, 0.3) is 11.0 Å². The first-order valence-corrected chi connectivity index (χ1v) is 8.45. The van der Waals surface area contributed by atoms with Crippen LogP contribution in [0.2, 0.25) is 0 Å². The molecule has 2 atom stereocenters. The number of fused-ring (bicyclic) bond motifs is 1. The zero-order valence-corrected chi connectivity index (χ0v) is 13.3. The van der Waals surface area contributed by atoms with E-state index in [1.807, 2.05) is 0 Å². The van der Waals surface area contributed by atoms with E-state index in [1.54, 1.807) is 0 Å². The van der Waals surface area contributed by atoms with Crippen molar-refractivity contribution in [3.8, 4) is 0 Å². The van der Waals surface area contributed by atoms with E-state index in [2.05, 4.69) is 48.1 Å². The smallest absolute Gasteiger partial charge is 0.109 e. The van der Waals surface area contributed by atoms with Crippen LogP contribution in [-0.2, 0) is 13.0 Å². The van der Waals surface area contributed by atoms with Gasteiger partial charge in [0, 0.05) is 19.0 Å². The number of benzene rings is 1. The molecule has 0 amide bonds. The first-order valence-electron chi connectivity index (χ1n) is 8.45. The van der Waals surface area contributed by atoms with Crippen LogP contribution < -0.4 is 5.32 Å². The van der Waals surface area contributed by atoms with E-state index in [9.17, 15) is 0 Å². The Morgan fingerprint density at radius 1 is 1.29 bits per heavy atom. The molecule has 0 bridgehead atoms. The van der Waals surface area contributed by atoms with Crippen LogP contribution in [0.4, 0.5) is 0 Å². The van der Waals surface area contributed by atoms with Gasteiger partial charge in [-0.05, 0) is 50.8 Å². The lowest BCUT2D eigenvalue weighted by Gasteiger charge is -2.20. The lowest BCUT2D eigenvalue weighted by atomic mass is 9.99. The lowest BCUT2D eigenvalue weighted by Crippen LogP contribution is -2.29. The molecule has 0 saturated heterocycles. The Bertz CT molecular complexity index is 587. The summed E-state index contributed by atoms with van der Waals surface area (Å²) in [7, 11) is 2.11. The van der Waals surface area contributed by atoms with Gasteiger partial charge in [0.15, 0.2) is 0 Å². The molecule has 1 fully saturated rings. The first-order chi connectivity index (χ1) is 10.3. The quantitative estimate of drug-likeness (QED) is 0.875. The fraction of sp³-hybridized carbons (Fsp3) is 0.611. The monoisotopic (exact) mass is 285 g/mol. The van der Waals surface area contributed by atoms with E-state index in [0.717, 1.165) is 36.9 Å². The topological polar surface area (TPSA) is 29.9 Å². The summed E-state index contributed by atoms with van der Waals surface area (Å²) < 4.78 is 2.46. The second-order valence-electron chi connectivity index (χ2n) is 6.29. The zero-order valence-electron chi connectivity index (χ0n) is 13.3. The van der Waals surface area contributed by atoms with Crippen LogP contribution in [0.1, 0.15) is 44.9 Å². The number of para-hydroxylation sites is 2. The van der Waals surface area contributed by atoms with E-state index in [4.69, 9.17) is 4.98 Å². The maximum absolute atomic E-state index is 4.83. The van der Waals surface area contributed by atoms with E-state index in [1.165, 1.54) is 37.0 Å². The Kier molecular flexibility index (Phi) is 4.59. The zero-order chi connectivity index (χ0) is 14.7. The molecule has 1 aromatic heterocycles. The predicted octanol–water partition coefficient (Wildman–Crippen LogP) is 3.77. The molecule has 0 aliphatic heterocycles. The lowest BCUT2D eigenvalue weighted by molar-refractivity contribution is 0.377. The van der Waals surface area contributed by atoms with Crippen molar-refractivity contribution in [2.24, 2.45) is 5.92 Å². The molecule has 0 spiro atoms. The van der Waals surface area contributed by atoms with Gasteiger partial charge in [0.1, 0.15) is 5.82 Å². The highest BCUT2D eigenvalue weighted by Gasteiger charge is 2.25. The number of nitrogens with one attached hydrogen (secondary N) is 1. The van der Waals surface area contributed by atoms with Gasteiger partial charge in [0.25, 0.3) is 0 Å². The molecule has 1 aliphatic carbocycles. The Hall–Kier alpha value is -1.35. The molecular weight excluding hydrogens is 258 g/mol. The molecule has 3 rings (SSSR count). The van der Waals surface area contributed by atoms with Crippen molar-refractivity contribution in [2.45, 2.75) is 58.0 Å². The number of hydrogen-bond acceptors (Lipinski definition) is 2. The fourth-order valence-corrected chi connectivity index (χ4v) is 3.85. The number of hydrogen-bond donors (Lipinski definition) is 1. The van der Waals surface area contributed by atoms with Crippen LogP contribution in [0, 0.1) is 5.92 Å². The summed E-state index contributed by atoms with van der Waals surface area (Å²) in [5.74, 6) is 2.09.